The van der Waals surface area contributed by atoms with E-state index in [1.165, 1.54) is 24.3 Å². The molecule has 2 aromatic carbocycles. The van der Waals surface area contributed by atoms with E-state index in [2.05, 4.69) is 4.72 Å². The molecule has 0 radical (unpaired) electrons. The standard InChI is InChI=1S/C29H36F3N3O6S2/c1-28(2,3)19-26(36)35-15-7-10-24(35)27(37)34-16-13-20(14-17-34)33-43(40,41)25-18-22(11-12-23(25)29(30,31)32)42(38,39)21-8-5-4-6-9-21/h4-6,8-9,11-12,18,20,24,33H,7,10,13-17,19H2,1-3H3/t24-/m1/s1. The first-order valence-electron chi connectivity index (χ1n) is 14.0. The number of carbonyl (C=O) groups is 2. The Morgan fingerprint density at radius 1 is 0.884 bits per heavy atom. The summed E-state index contributed by atoms with van der Waals surface area (Å²) in [5.41, 5.74) is -1.72. The van der Waals surface area contributed by atoms with Gasteiger partial charge in [-0.1, -0.05) is 39.0 Å². The highest BCUT2D eigenvalue weighted by molar-refractivity contribution is 7.91. The number of halogens is 3. The van der Waals surface area contributed by atoms with Crippen molar-refractivity contribution in [1.29, 1.82) is 0 Å². The molecular formula is C29H36F3N3O6S2. The number of benzene rings is 2. The number of likely N-dealkylation sites (tertiary alicyclic amines) is 2. The Morgan fingerprint density at radius 3 is 2.09 bits per heavy atom. The first-order valence-corrected chi connectivity index (χ1v) is 17.0. The maximum absolute atomic E-state index is 13.9. The number of carbonyl (C=O) groups excluding carboxylic acids is 2. The summed E-state index contributed by atoms with van der Waals surface area (Å²) < 4.78 is 96.6. The molecule has 0 spiro atoms. The molecule has 2 heterocycles. The molecule has 2 fully saturated rings. The molecule has 1 N–H and O–H groups in total. The molecule has 0 aromatic heterocycles. The van der Waals surface area contributed by atoms with Crippen molar-refractivity contribution in [2.24, 2.45) is 5.41 Å². The van der Waals surface area contributed by atoms with Crippen LogP contribution in [0.15, 0.2) is 63.2 Å². The molecule has 236 valence electrons. The molecule has 14 heteroatoms. The Balaban J connectivity index is 1.49. The second kappa shape index (κ2) is 12.2. The molecule has 2 aliphatic rings. The Labute approximate surface area is 250 Å². The molecule has 0 saturated carbocycles. The molecule has 9 nitrogen and oxygen atoms in total. The monoisotopic (exact) mass is 643 g/mol. The number of alkyl halides is 3. The molecule has 2 amide bonds. The van der Waals surface area contributed by atoms with Crippen molar-refractivity contribution in [3.8, 4) is 0 Å². The zero-order chi connectivity index (χ0) is 31.8. The summed E-state index contributed by atoms with van der Waals surface area (Å²) in [6, 6.07) is 7.35. The average molecular weight is 644 g/mol. The fraction of sp³-hybridized carbons (Fsp3) is 0.517. The van der Waals surface area contributed by atoms with Gasteiger partial charge in [-0.2, -0.15) is 13.2 Å². The lowest BCUT2D eigenvalue weighted by molar-refractivity contribution is -0.145. The van der Waals surface area contributed by atoms with Gasteiger partial charge in [-0.05, 0) is 61.4 Å². The first-order chi connectivity index (χ1) is 19.9. The minimum Gasteiger partial charge on any atom is -0.341 e. The number of nitrogens with one attached hydrogen (secondary N) is 1. The van der Waals surface area contributed by atoms with Gasteiger partial charge in [0, 0.05) is 32.1 Å². The van der Waals surface area contributed by atoms with Crippen molar-refractivity contribution in [2.45, 2.75) is 85.8 Å². The Morgan fingerprint density at radius 2 is 1.51 bits per heavy atom. The van der Waals surface area contributed by atoms with Gasteiger partial charge in [0.25, 0.3) is 0 Å². The minimum absolute atomic E-state index is 0.0945. The van der Waals surface area contributed by atoms with E-state index in [0.29, 0.717) is 37.9 Å². The smallest absolute Gasteiger partial charge is 0.341 e. The van der Waals surface area contributed by atoms with E-state index in [1.54, 1.807) is 15.9 Å². The van der Waals surface area contributed by atoms with E-state index < -0.39 is 53.5 Å². The summed E-state index contributed by atoms with van der Waals surface area (Å²) in [7, 11) is -9.12. The largest absolute Gasteiger partial charge is 0.417 e. The average Bonchev–Trinajstić information content (AvgIpc) is 3.42. The number of piperidine rings is 1. The van der Waals surface area contributed by atoms with Crippen LogP contribution in [0.2, 0.25) is 0 Å². The van der Waals surface area contributed by atoms with Crippen LogP contribution < -0.4 is 4.72 Å². The molecule has 0 aliphatic carbocycles. The number of rotatable bonds is 7. The summed E-state index contributed by atoms with van der Waals surface area (Å²) in [5, 5.41) is 0. The van der Waals surface area contributed by atoms with Gasteiger partial charge >= 0.3 is 6.18 Å². The van der Waals surface area contributed by atoms with E-state index in [0.717, 1.165) is 6.07 Å². The van der Waals surface area contributed by atoms with Gasteiger partial charge in [0.05, 0.1) is 20.2 Å². The molecule has 0 bridgehead atoms. The van der Waals surface area contributed by atoms with Gasteiger partial charge in [0.2, 0.25) is 31.7 Å². The third-order valence-electron chi connectivity index (χ3n) is 7.58. The Hall–Kier alpha value is -2.97. The highest BCUT2D eigenvalue weighted by atomic mass is 32.2. The second-order valence-electron chi connectivity index (χ2n) is 12.2. The molecule has 2 saturated heterocycles. The van der Waals surface area contributed by atoms with Gasteiger partial charge < -0.3 is 9.80 Å². The van der Waals surface area contributed by atoms with Crippen molar-refractivity contribution >= 4 is 31.7 Å². The highest BCUT2D eigenvalue weighted by Gasteiger charge is 2.41. The van der Waals surface area contributed by atoms with Crippen LogP contribution in [0.4, 0.5) is 13.2 Å². The van der Waals surface area contributed by atoms with Crippen molar-refractivity contribution in [1.82, 2.24) is 14.5 Å². The van der Waals surface area contributed by atoms with Gasteiger partial charge in [-0.3, -0.25) is 9.59 Å². The van der Waals surface area contributed by atoms with Crippen molar-refractivity contribution in [3.63, 3.8) is 0 Å². The zero-order valence-electron chi connectivity index (χ0n) is 24.2. The van der Waals surface area contributed by atoms with E-state index in [4.69, 9.17) is 0 Å². The van der Waals surface area contributed by atoms with Gasteiger partial charge in [-0.25, -0.2) is 21.6 Å². The molecule has 1 atom stereocenters. The number of sulfone groups is 1. The van der Waals surface area contributed by atoms with Crippen LogP contribution in [0.1, 0.15) is 58.4 Å². The SMILES string of the molecule is CC(C)(C)CC(=O)N1CCC[C@@H]1C(=O)N1CCC(NS(=O)(=O)c2cc(S(=O)(=O)c3ccccc3)ccc2C(F)(F)F)CC1. The van der Waals surface area contributed by atoms with E-state index in [-0.39, 0.29) is 48.1 Å². The summed E-state index contributed by atoms with van der Waals surface area (Å²) in [6.45, 7) is 6.62. The summed E-state index contributed by atoms with van der Waals surface area (Å²) in [6.07, 6.45) is -3.26. The predicted molar refractivity (Wildman–Crippen MR) is 152 cm³/mol. The number of hydrogen-bond donors (Lipinski definition) is 1. The van der Waals surface area contributed by atoms with Gasteiger partial charge in [0.15, 0.2) is 0 Å². The van der Waals surface area contributed by atoms with Crippen LogP contribution in [0.5, 0.6) is 0 Å². The van der Waals surface area contributed by atoms with Crippen LogP contribution in [0, 0.1) is 5.41 Å². The lowest BCUT2D eigenvalue weighted by atomic mass is 9.91. The number of sulfonamides is 1. The Kier molecular flexibility index (Phi) is 9.34. The van der Waals surface area contributed by atoms with Gasteiger partial charge in [0.1, 0.15) is 6.04 Å². The molecule has 4 rings (SSSR count). The number of hydrogen-bond acceptors (Lipinski definition) is 6. The van der Waals surface area contributed by atoms with E-state index >= 15 is 0 Å². The third-order valence-corrected chi connectivity index (χ3v) is 10.9. The summed E-state index contributed by atoms with van der Waals surface area (Å²) in [5.74, 6) is -0.317. The van der Waals surface area contributed by atoms with Crippen LogP contribution in [0.25, 0.3) is 0 Å². The van der Waals surface area contributed by atoms with Crippen LogP contribution in [0.3, 0.4) is 0 Å². The fourth-order valence-electron chi connectivity index (χ4n) is 5.45. The first kappa shape index (κ1) is 32.9. The third kappa shape index (κ3) is 7.58. The lowest BCUT2D eigenvalue weighted by Gasteiger charge is -2.36. The summed E-state index contributed by atoms with van der Waals surface area (Å²) in [4.78, 5) is 27.3. The normalized spacial score (nSPS) is 19.1. The van der Waals surface area contributed by atoms with Crippen molar-refractivity contribution < 1.29 is 39.6 Å². The molecule has 0 unspecified atom stereocenters. The van der Waals surface area contributed by atoms with Gasteiger partial charge in [-0.15, -0.1) is 0 Å². The molecular weight excluding hydrogens is 607 g/mol. The fourth-order valence-corrected chi connectivity index (χ4v) is 8.39. The van der Waals surface area contributed by atoms with Crippen molar-refractivity contribution in [3.05, 3.63) is 54.1 Å². The minimum atomic E-state index is -5.06. The Bertz CT molecular complexity index is 1560. The summed E-state index contributed by atoms with van der Waals surface area (Å²) >= 11 is 0. The van der Waals surface area contributed by atoms with E-state index in [9.17, 15) is 39.6 Å². The molecule has 2 aliphatic heterocycles. The molecule has 2 aromatic rings. The topological polar surface area (TPSA) is 121 Å². The van der Waals surface area contributed by atoms with Crippen LogP contribution in [-0.2, 0) is 35.6 Å². The predicted octanol–water partition coefficient (Wildman–Crippen LogP) is 4.23. The highest BCUT2D eigenvalue weighted by Crippen LogP contribution is 2.37. The van der Waals surface area contributed by atoms with Crippen molar-refractivity contribution in [2.75, 3.05) is 19.6 Å². The lowest BCUT2D eigenvalue weighted by Crippen LogP contribution is -2.52. The quantitative estimate of drug-likeness (QED) is 0.482. The van der Waals surface area contributed by atoms with Crippen LogP contribution in [-0.4, -0.2) is 70.2 Å². The maximum atomic E-state index is 13.9. The maximum Gasteiger partial charge on any atom is 0.417 e. The zero-order valence-corrected chi connectivity index (χ0v) is 25.9. The number of nitrogens with zero attached hydrogens (tertiary/aromatic N) is 2. The number of amides is 2. The van der Waals surface area contributed by atoms with E-state index in [1.807, 2.05) is 20.8 Å². The molecule has 43 heavy (non-hydrogen) atoms. The second-order valence-corrected chi connectivity index (χ2v) is 15.8. The van der Waals surface area contributed by atoms with Crippen LogP contribution >= 0.6 is 0 Å².